The highest BCUT2D eigenvalue weighted by Crippen LogP contribution is 2.44. The molecule has 0 aromatic heterocycles. The topological polar surface area (TPSA) is 49.9 Å². The highest BCUT2D eigenvalue weighted by atomic mass is 32.2. The van der Waals surface area contributed by atoms with Gasteiger partial charge in [-0.25, -0.2) is 8.42 Å². The summed E-state index contributed by atoms with van der Waals surface area (Å²) in [6.45, 7) is 5.55. The zero-order valence-electron chi connectivity index (χ0n) is 19.3. The second kappa shape index (κ2) is 10.1. The number of unbranched alkanes of at least 4 members (excludes halogenated alkanes) is 1. The van der Waals surface area contributed by atoms with E-state index in [0.717, 1.165) is 41.3 Å². The smallest absolute Gasteiger partial charge is 0.245 e. The summed E-state index contributed by atoms with van der Waals surface area (Å²) in [6.07, 6.45) is 5.27. The largest absolute Gasteiger partial charge is 0.492 e. The molecular weight excluding hydrogens is 440 g/mol. The third kappa shape index (κ3) is 4.95. The molecule has 1 saturated carbocycles. The third-order valence-corrected chi connectivity index (χ3v) is 9.17. The molecule has 2 aromatic rings. The van der Waals surface area contributed by atoms with Crippen LogP contribution in [0.15, 0.2) is 52.3 Å². The number of likely N-dealkylation sites (N-methyl/N-ethyl adjacent to an activating group) is 1. The van der Waals surface area contributed by atoms with Crippen molar-refractivity contribution in [1.82, 2.24) is 4.31 Å². The number of ether oxygens (including phenoxy) is 1. The molecule has 0 spiro atoms. The number of hydrogen-bond donors (Lipinski definition) is 0. The van der Waals surface area contributed by atoms with Crippen LogP contribution in [0, 0.1) is 5.92 Å². The summed E-state index contributed by atoms with van der Waals surface area (Å²) in [5.41, 5.74) is 1.76. The summed E-state index contributed by atoms with van der Waals surface area (Å²) in [5.74, 6) is 2.20. The Kier molecular flexibility index (Phi) is 7.37. The molecule has 0 radical (unpaired) electrons. The Morgan fingerprint density at radius 1 is 1.12 bits per heavy atom. The van der Waals surface area contributed by atoms with E-state index < -0.39 is 10.0 Å². The number of sulfonamides is 1. The minimum absolute atomic E-state index is 0.0920. The SMILES string of the molecule is CCCC[C@@H]1CN(c2ccccc2)c2cc(SCC)c(OCC3CC3)cc2S(=O)(=O)N1C. The molecule has 7 heteroatoms. The first-order valence-electron chi connectivity index (χ1n) is 11.7. The predicted octanol–water partition coefficient (Wildman–Crippen LogP) is 5.92. The van der Waals surface area contributed by atoms with Gasteiger partial charge in [0.1, 0.15) is 10.6 Å². The normalized spacial score (nSPS) is 20.6. The standard InChI is InChI=1S/C25H34N2O3S2/c1-4-6-10-21-17-27(20-11-8-7-9-12-20)22-15-24(31-5-2)23(30-18-19-13-14-19)16-25(22)32(28,29)26(21)3/h7-9,11-12,15-16,19,21H,4-6,10,13-14,17-18H2,1-3H3/t21-/m1/s1. The summed E-state index contributed by atoms with van der Waals surface area (Å²) < 4.78 is 35.3. The molecular formula is C25H34N2O3S2. The zero-order chi connectivity index (χ0) is 22.7. The maximum atomic E-state index is 13.8. The van der Waals surface area contributed by atoms with Crippen LogP contribution < -0.4 is 9.64 Å². The molecule has 1 aliphatic heterocycles. The van der Waals surface area contributed by atoms with Gasteiger partial charge in [-0.2, -0.15) is 4.31 Å². The van der Waals surface area contributed by atoms with Gasteiger partial charge in [0, 0.05) is 31.4 Å². The summed E-state index contributed by atoms with van der Waals surface area (Å²) in [6, 6.07) is 13.8. The highest BCUT2D eigenvalue weighted by molar-refractivity contribution is 7.99. The van der Waals surface area contributed by atoms with E-state index in [1.807, 2.05) is 24.3 Å². The second-order valence-corrected chi connectivity index (χ2v) is 12.0. The Hall–Kier alpha value is -1.70. The fraction of sp³-hybridized carbons (Fsp3) is 0.520. The van der Waals surface area contributed by atoms with Crippen molar-refractivity contribution < 1.29 is 13.2 Å². The van der Waals surface area contributed by atoms with Crippen LogP contribution in [-0.4, -0.2) is 44.7 Å². The van der Waals surface area contributed by atoms with Gasteiger partial charge in [-0.15, -0.1) is 11.8 Å². The average Bonchev–Trinajstić information content (AvgIpc) is 3.63. The van der Waals surface area contributed by atoms with Gasteiger partial charge >= 0.3 is 0 Å². The number of para-hydroxylation sites is 1. The fourth-order valence-corrected chi connectivity index (χ4v) is 6.49. The first-order chi connectivity index (χ1) is 15.5. The van der Waals surface area contributed by atoms with E-state index >= 15 is 0 Å². The minimum atomic E-state index is -3.65. The van der Waals surface area contributed by atoms with Gasteiger partial charge in [0.05, 0.1) is 17.2 Å². The van der Waals surface area contributed by atoms with Crippen molar-refractivity contribution in [2.24, 2.45) is 5.92 Å². The molecule has 1 fully saturated rings. The number of rotatable bonds is 9. The van der Waals surface area contributed by atoms with E-state index in [1.54, 1.807) is 29.2 Å². The first kappa shape index (κ1) is 23.5. The van der Waals surface area contributed by atoms with E-state index in [0.29, 0.717) is 29.7 Å². The van der Waals surface area contributed by atoms with Gasteiger partial charge < -0.3 is 9.64 Å². The molecule has 2 aromatic carbocycles. The number of nitrogens with zero attached hydrogens (tertiary/aromatic N) is 2. The molecule has 1 aliphatic carbocycles. The van der Waals surface area contributed by atoms with Crippen molar-refractivity contribution in [2.45, 2.75) is 61.8 Å². The van der Waals surface area contributed by atoms with Crippen LogP contribution in [0.3, 0.4) is 0 Å². The Morgan fingerprint density at radius 2 is 1.88 bits per heavy atom. The van der Waals surface area contributed by atoms with Crippen molar-refractivity contribution in [3.05, 3.63) is 42.5 Å². The molecule has 174 valence electrons. The molecule has 32 heavy (non-hydrogen) atoms. The Bertz CT molecular complexity index is 1020. The van der Waals surface area contributed by atoms with E-state index in [9.17, 15) is 8.42 Å². The number of fused-ring (bicyclic) bond motifs is 1. The van der Waals surface area contributed by atoms with Gasteiger partial charge in [-0.3, -0.25) is 0 Å². The number of benzene rings is 2. The van der Waals surface area contributed by atoms with Gasteiger partial charge in [0.25, 0.3) is 0 Å². The van der Waals surface area contributed by atoms with Crippen molar-refractivity contribution in [3.8, 4) is 5.75 Å². The zero-order valence-corrected chi connectivity index (χ0v) is 20.9. The first-order valence-corrected chi connectivity index (χ1v) is 14.1. The number of anilines is 2. The molecule has 0 amide bonds. The molecule has 0 bridgehead atoms. The quantitative estimate of drug-likeness (QED) is 0.422. The van der Waals surface area contributed by atoms with Gasteiger partial charge in [0.15, 0.2) is 0 Å². The van der Waals surface area contributed by atoms with Crippen LogP contribution in [0.5, 0.6) is 5.75 Å². The second-order valence-electron chi connectivity index (χ2n) is 8.72. The molecule has 0 saturated heterocycles. The van der Waals surface area contributed by atoms with E-state index in [-0.39, 0.29) is 6.04 Å². The maximum Gasteiger partial charge on any atom is 0.245 e. The molecule has 0 unspecified atom stereocenters. The van der Waals surface area contributed by atoms with E-state index in [2.05, 4.69) is 30.9 Å². The fourth-order valence-electron chi connectivity index (χ4n) is 4.16. The van der Waals surface area contributed by atoms with E-state index in [4.69, 9.17) is 4.74 Å². The van der Waals surface area contributed by atoms with Crippen molar-refractivity contribution in [2.75, 3.05) is 30.9 Å². The summed E-state index contributed by atoms with van der Waals surface area (Å²) in [5, 5.41) is 0. The maximum absolute atomic E-state index is 13.8. The van der Waals surface area contributed by atoms with Crippen LogP contribution in [0.25, 0.3) is 0 Å². The van der Waals surface area contributed by atoms with Crippen LogP contribution in [0.2, 0.25) is 0 Å². The van der Waals surface area contributed by atoms with Crippen LogP contribution in [0.4, 0.5) is 11.4 Å². The lowest BCUT2D eigenvalue weighted by atomic mass is 10.1. The Labute approximate surface area is 197 Å². The lowest BCUT2D eigenvalue weighted by molar-refractivity contribution is 0.292. The monoisotopic (exact) mass is 474 g/mol. The average molecular weight is 475 g/mol. The number of thioether (sulfide) groups is 1. The number of hydrogen-bond acceptors (Lipinski definition) is 5. The van der Waals surface area contributed by atoms with Crippen molar-refractivity contribution in [1.29, 1.82) is 0 Å². The predicted molar refractivity (Wildman–Crippen MR) is 133 cm³/mol. The van der Waals surface area contributed by atoms with Crippen LogP contribution in [0.1, 0.15) is 46.0 Å². The third-order valence-electron chi connectivity index (χ3n) is 6.31. The minimum Gasteiger partial charge on any atom is -0.492 e. The molecule has 4 rings (SSSR count). The Balaban J connectivity index is 1.85. The summed E-state index contributed by atoms with van der Waals surface area (Å²) >= 11 is 1.71. The molecule has 5 nitrogen and oxygen atoms in total. The van der Waals surface area contributed by atoms with Crippen molar-refractivity contribution >= 4 is 33.2 Å². The molecule has 2 aliphatic rings. The lowest BCUT2D eigenvalue weighted by Crippen LogP contribution is -2.40. The summed E-state index contributed by atoms with van der Waals surface area (Å²) in [4.78, 5) is 3.54. The molecule has 1 atom stereocenters. The molecule has 0 N–H and O–H groups in total. The van der Waals surface area contributed by atoms with Gasteiger partial charge in [-0.1, -0.05) is 44.9 Å². The van der Waals surface area contributed by atoms with Gasteiger partial charge in [0.2, 0.25) is 10.0 Å². The Morgan fingerprint density at radius 3 is 2.53 bits per heavy atom. The van der Waals surface area contributed by atoms with Crippen molar-refractivity contribution in [3.63, 3.8) is 0 Å². The highest BCUT2D eigenvalue weighted by Gasteiger charge is 2.37. The lowest BCUT2D eigenvalue weighted by Gasteiger charge is -2.29. The van der Waals surface area contributed by atoms with Gasteiger partial charge in [-0.05, 0) is 49.1 Å². The van der Waals surface area contributed by atoms with Crippen LogP contribution in [-0.2, 0) is 10.0 Å². The molecule has 1 heterocycles. The van der Waals surface area contributed by atoms with E-state index in [1.165, 1.54) is 12.8 Å². The van der Waals surface area contributed by atoms with Crippen LogP contribution >= 0.6 is 11.8 Å². The summed E-state index contributed by atoms with van der Waals surface area (Å²) in [7, 11) is -1.92.